The number of anilines is 1. The predicted molar refractivity (Wildman–Crippen MR) is 79.6 cm³/mol. The van der Waals surface area contributed by atoms with Gasteiger partial charge in [-0.25, -0.2) is 4.98 Å². The van der Waals surface area contributed by atoms with Gasteiger partial charge in [-0.05, 0) is 32.3 Å². The molecule has 0 aliphatic carbocycles. The Morgan fingerprint density at radius 2 is 1.95 bits per heavy atom. The fourth-order valence-electron chi connectivity index (χ4n) is 1.76. The number of likely N-dealkylation sites (N-methyl/N-ethyl adjacent to an activating group) is 1. The van der Waals surface area contributed by atoms with E-state index >= 15 is 0 Å². The minimum atomic E-state index is 0.697. The first-order valence-electron chi connectivity index (χ1n) is 6.58. The van der Waals surface area contributed by atoms with E-state index in [-0.39, 0.29) is 0 Å². The molecule has 1 heterocycles. The lowest BCUT2D eigenvalue weighted by Crippen LogP contribution is -2.20. The molecule has 0 saturated carbocycles. The minimum absolute atomic E-state index is 0.697. The van der Waals surface area contributed by atoms with Crippen LogP contribution in [0.4, 0.5) is 5.82 Å². The topological polar surface area (TPSA) is 37.4 Å². The summed E-state index contributed by atoms with van der Waals surface area (Å²) in [6, 6.07) is 12.2. The number of para-hydroxylation sites is 1. The van der Waals surface area contributed by atoms with E-state index in [1.807, 2.05) is 38.4 Å². The van der Waals surface area contributed by atoms with Gasteiger partial charge < -0.3 is 15.0 Å². The van der Waals surface area contributed by atoms with Crippen LogP contribution in [0.2, 0.25) is 0 Å². The van der Waals surface area contributed by atoms with Crippen molar-refractivity contribution < 1.29 is 4.74 Å². The molecular weight excluding hydrogens is 238 g/mol. The third kappa shape index (κ3) is 4.50. The molecule has 0 amide bonds. The smallest absolute Gasteiger partial charge is 0.126 e. The third-order valence-corrected chi connectivity index (χ3v) is 2.83. The van der Waals surface area contributed by atoms with Crippen molar-refractivity contribution >= 4 is 16.7 Å². The summed E-state index contributed by atoms with van der Waals surface area (Å²) in [5.41, 5.74) is 1.01. The number of nitrogens with one attached hydrogen (secondary N) is 1. The first-order chi connectivity index (χ1) is 9.25. The lowest BCUT2D eigenvalue weighted by Gasteiger charge is -2.10. The molecule has 0 saturated heterocycles. The van der Waals surface area contributed by atoms with Crippen LogP contribution in [0.3, 0.4) is 0 Å². The molecule has 4 heteroatoms. The summed E-state index contributed by atoms with van der Waals surface area (Å²) in [6.45, 7) is 3.19. The van der Waals surface area contributed by atoms with Crippen molar-refractivity contribution in [2.75, 3.05) is 45.7 Å². The van der Waals surface area contributed by atoms with Crippen molar-refractivity contribution in [3.05, 3.63) is 36.4 Å². The average molecular weight is 259 g/mol. The Kier molecular flexibility index (Phi) is 5.12. The molecule has 2 aromatic rings. The maximum atomic E-state index is 5.52. The molecule has 2 rings (SSSR count). The van der Waals surface area contributed by atoms with Crippen molar-refractivity contribution in [3.8, 4) is 0 Å². The number of nitrogens with zero attached hydrogens (tertiary/aromatic N) is 2. The van der Waals surface area contributed by atoms with E-state index in [1.165, 1.54) is 0 Å². The summed E-state index contributed by atoms with van der Waals surface area (Å²) in [5.74, 6) is 0.898. The minimum Gasteiger partial charge on any atom is -0.378 e. The van der Waals surface area contributed by atoms with Gasteiger partial charge in [0.15, 0.2) is 0 Å². The molecule has 0 spiro atoms. The zero-order valence-electron chi connectivity index (χ0n) is 11.6. The van der Waals surface area contributed by atoms with E-state index < -0.39 is 0 Å². The molecule has 0 radical (unpaired) electrons. The van der Waals surface area contributed by atoms with Gasteiger partial charge >= 0.3 is 0 Å². The molecule has 1 aromatic carbocycles. The maximum Gasteiger partial charge on any atom is 0.126 e. The van der Waals surface area contributed by atoms with Gasteiger partial charge in [0.25, 0.3) is 0 Å². The average Bonchev–Trinajstić information content (AvgIpc) is 2.42. The van der Waals surface area contributed by atoms with Crippen LogP contribution in [0.15, 0.2) is 36.4 Å². The van der Waals surface area contributed by atoms with Crippen LogP contribution in [-0.4, -0.2) is 50.3 Å². The second-order valence-corrected chi connectivity index (χ2v) is 4.73. The number of fused-ring (bicyclic) bond motifs is 1. The Hall–Kier alpha value is -1.65. The number of hydrogen-bond acceptors (Lipinski definition) is 4. The fourth-order valence-corrected chi connectivity index (χ4v) is 1.76. The van der Waals surface area contributed by atoms with Gasteiger partial charge in [-0.2, -0.15) is 0 Å². The Labute approximate surface area is 114 Å². The van der Waals surface area contributed by atoms with Gasteiger partial charge in [-0.1, -0.05) is 18.2 Å². The number of benzene rings is 1. The molecule has 102 valence electrons. The van der Waals surface area contributed by atoms with Crippen LogP contribution in [0.1, 0.15) is 0 Å². The highest BCUT2D eigenvalue weighted by Gasteiger charge is 1.97. The molecule has 0 unspecified atom stereocenters. The lowest BCUT2D eigenvalue weighted by molar-refractivity contribution is 0.126. The third-order valence-electron chi connectivity index (χ3n) is 2.83. The first-order valence-corrected chi connectivity index (χ1v) is 6.58. The fraction of sp³-hybridized carbons (Fsp3) is 0.400. The quantitative estimate of drug-likeness (QED) is 0.774. The van der Waals surface area contributed by atoms with Crippen molar-refractivity contribution in [1.82, 2.24) is 9.88 Å². The van der Waals surface area contributed by atoms with E-state index in [2.05, 4.69) is 27.3 Å². The SMILES string of the molecule is CN(C)CCOCCNc1ccc2ccccc2n1. The number of rotatable bonds is 7. The zero-order valence-corrected chi connectivity index (χ0v) is 11.6. The summed E-state index contributed by atoms with van der Waals surface area (Å²) >= 11 is 0. The molecule has 4 nitrogen and oxygen atoms in total. The Morgan fingerprint density at radius 3 is 2.79 bits per heavy atom. The van der Waals surface area contributed by atoms with E-state index in [4.69, 9.17) is 4.74 Å². The Morgan fingerprint density at radius 1 is 1.11 bits per heavy atom. The summed E-state index contributed by atoms with van der Waals surface area (Å²) in [4.78, 5) is 6.66. The van der Waals surface area contributed by atoms with Crippen LogP contribution in [0, 0.1) is 0 Å². The van der Waals surface area contributed by atoms with Gasteiger partial charge in [-0.15, -0.1) is 0 Å². The first kappa shape index (κ1) is 13.8. The number of pyridine rings is 1. The molecule has 0 fully saturated rings. The van der Waals surface area contributed by atoms with Gasteiger partial charge in [0, 0.05) is 18.5 Å². The van der Waals surface area contributed by atoms with Crippen LogP contribution in [-0.2, 0) is 4.74 Å². The lowest BCUT2D eigenvalue weighted by atomic mass is 10.2. The highest BCUT2D eigenvalue weighted by Crippen LogP contribution is 2.14. The van der Waals surface area contributed by atoms with Gasteiger partial charge in [-0.3, -0.25) is 0 Å². The normalized spacial score (nSPS) is 11.1. The van der Waals surface area contributed by atoms with Crippen molar-refractivity contribution in [1.29, 1.82) is 0 Å². The number of hydrogen-bond donors (Lipinski definition) is 1. The summed E-state index contributed by atoms with van der Waals surface area (Å²) < 4.78 is 5.52. The van der Waals surface area contributed by atoms with Crippen molar-refractivity contribution in [2.24, 2.45) is 0 Å². The highest BCUT2D eigenvalue weighted by atomic mass is 16.5. The summed E-state index contributed by atoms with van der Waals surface area (Å²) in [5, 5.41) is 4.44. The standard InChI is InChI=1S/C15H21N3O/c1-18(2)10-12-19-11-9-16-15-8-7-13-5-3-4-6-14(13)17-15/h3-8H,9-12H2,1-2H3,(H,16,17). The van der Waals surface area contributed by atoms with Crippen LogP contribution in [0.25, 0.3) is 10.9 Å². The molecule has 0 aliphatic rings. The molecule has 0 atom stereocenters. The largest absolute Gasteiger partial charge is 0.378 e. The summed E-state index contributed by atoms with van der Waals surface area (Å²) in [7, 11) is 4.08. The van der Waals surface area contributed by atoms with Crippen LogP contribution >= 0.6 is 0 Å². The second kappa shape index (κ2) is 7.07. The molecule has 19 heavy (non-hydrogen) atoms. The number of ether oxygens (including phenoxy) is 1. The Balaban J connectivity index is 1.75. The monoisotopic (exact) mass is 259 g/mol. The van der Waals surface area contributed by atoms with E-state index in [1.54, 1.807) is 0 Å². The Bertz CT molecular complexity index is 513. The van der Waals surface area contributed by atoms with E-state index in [0.717, 1.165) is 36.4 Å². The molecule has 1 N–H and O–H groups in total. The second-order valence-electron chi connectivity index (χ2n) is 4.73. The number of aromatic nitrogens is 1. The molecular formula is C15H21N3O. The maximum absolute atomic E-state index is 5.52. The predicted octanol–water partition coefficient (Wildman–Crippen LogP) is 2.22. The van der Waals surface area contributed by atoms with Gasteiger partial charge in [0.05, 0.1) is 18.7 Å². The van der Waals surface area contributed by atoms with Crippen molar-refractivity contribution in [2.45, 2.75) is 0 Å². The van der Waals surface area contributed by atoms with Crippen LogP contribution < -0.4 is 5.32 Å². The van der Waals surface area contributed by atoms with Gasteiger partial charge in [0.1, 0.15) is 5.82 Å². The molecule has 0 aliphatic heterocycles. The summed E-state index contributed by atoms with van der Waals surface area (Å²) in [6.07, 6.45) is 0. The zero-order chi connectivity index (χ0) is 13.5. The van der Waals surface area contributed by atoms with E-state index in [9.17, 15) is 0 Å². The van der Waals surface area contributed by atoms with Crippen molar-refractivity contribution in [3.63, 3.8) is 0 Å². The van der Waals surface area contributed by atoms with Gasteiger partial charge in [0.2, 0.25) is 0 Å². The highest BCUT2D eigenvalue weighted by molar-refractivity contribution is 5.79. The van der Waals surface area contributed by atoms with Crippen LogP contribution in [0.5, 0.6) is 0 Å². The van der Waals surface area contributed by atoms with E-state index in [0.29, 0.717) is 6.61 Å². The molecule has 1 aromatic heterocycles. The molecule has 0 bridgehead atoms.